The summed E-state index contributed by atoms with van der Waals surface area (Å²) in [6, 6.07) is 6.12. The van der Waals surface area contributed by atoms with Gasteiger partial charge in [-0.2, -0.15) is 8.78 Å². The summed E-state index contributed by atoms with van der Waals surface area (Å²) in [4.78, 5) is 11.1. The molecule has 0 atom stereocenters. The Balaban J connectivity index is 2.42. The molecule has 0 radical (unpaired) electrons. The van der Waals surface area contributed by atoms with Crippen molar-refractivity contribution >= 4 is 5.91 Å². The summed E-state index contributed by atoms with van der Waals surface area (Å²) in [5.74, 6) is -0.0225. The molecular formula is C11H14F2N2O2. The fourth-order valence-corrected chi connectivity index (χ4v) is 1.21. The Kier molecular flexibility index (Phi) is 5.35. The third-order valence-electron chi connectivity index (χ3n) is 1.98. The van der Waals surface area contributed by atoms with Gasteiger partial charge in [-0.15, -0.1) is 0 Å². The SMILES string of the molecule is CNCC(=O)NCc1ccc(OC(F)F)cc1. The molecule has 94 valence electrons. The van der Waals surface area contributed by atoms with Gasteiger partial charge < -0.3 is 15.4 Å². The van der Waals surface area contributed by atoms with Crippen molar-refractivity contribution in [1.82, 2.24) is 10.6 Å². The van der Waals surface area contributed by atoms with E-state index < -0.39 is 6.61 Å². The summed E-state index contributed by atoms with van der Waals surface area (Å²) in [5, 5.41) is 5.39. The first-order valence-electron chi connectivity index (χ1n) is 5.07. The van der Waals surface area contributed by atoms with Crippen LogP contribution in [0.2, 0.25) is 0 Å². The van der Waals surface area contributed by atoms with Crippen LogP contribution in [0.1, 0.15) is 5.56 Å². The van der Waals surface area contributed by atoms with Crippen LogP contribution in [-0.4, -0.2) is 26.1 Å². The third kappa shape index (κ3) is 5.26. The van der Waals surface area contributed by atoms with Gasteiger partial charge in [0, 0.05) is 6.54 Å². The van der Waals surface area contributed by atoms with E-state index >= 15 is 0 Å². The van der Waals surface area contributed by atoms with Crippen molar-refractivity contribution in [3.05, 3.63) is 29.8 Å². The van der Waals surface area contributed by atoms with Crippen molar-refractivity contribution in [3.8, 4) is 5.75 Å². The normalized spacial score (nSPS) is 10.4. The van der Waals surface area contributed by atoms with Crippen LogP contribution in [0.15, 0.2) is 24.3 Å². The molecule has 0 saturated carbocycles. The molecule has 0 unspecified atom stereocenters. The van der Waals surface area contributed by atoms with Crippen LogP contribution < -0.4 is 15.4 Å². The molecule has 0 aliphatic heterocycles. The maximum atomic E-state index is 11.9. The number of alkyl halides is 2. The minimum Gasteiger partial charge on any atom is -0.435 e. The Morgan fingerprint density at radius 2 is 2.00 bits per heavy atom. The highest BCUT2D eigenvalue weighted by Gasteiger charge is 2.04. The molecule has 0 aromatic heterocycles. The van der Waals surface area contributed by atoms with Crippen LogP contribution in [0.4, 0.5) is 8.78 Å². The van der Waals surface area contributed by atoms with E-state index in [0.717, 1.165) is 5.56 Å². The van der Waals surface area contributed by atoms with Gasteiger partial charge >= 0.3 is 6.61 Å². The maximum absolute atomic E-state index is 11.9. The molecule has 1 rings (SSSR count). The first kappa shape index (κ1) is 13.4. The molecule has 0 aliphatic rings. The smallest absolute Gasteiger partial charge is 0.387 e. The Hall–Kier alpha value is -1.69. The molecule has 0 bridgehead atoms. The molecule has 1 aromatic carbocycles. The minimum absolute atomic E-state index is 0.102. The van der Waals surface area contributed by atoms with Gasteiger partial charge in [-0.05, 0) is 24.7 Å². The molecule has 1 aromatic rings. The summed E-state index contributed by atoms with van der Waals surface area (Å²) in [6.45, 7) is -2.22. The highest BCUT2D eigenvalue weighted by molar-refractivity contribution is 5.77. The molecule has 4 nitrogen and oxygen atoms in total. The lowest BCUT2D eigenvalue weighted by Crippen LogP contribution is -2.31. The van der Waals surface area contributed by atoms with Crippen LogP contribution >= 0.6 is 0 Å². The van der Waals surface area contributed by atoms with Gasteiger partial charge in [0.25, 0.3) is 0 Å². The second-order valence-corrected chi connectivity index (χ2v) is 3.33. The van der Waals surface area contributed by atoms with E-state index in [1.54, 1.807) is 19.2 Å². The van der Waals surface area contributed by atoms with Gasteiger partial charge in [0.05, 0.1) is 6.54 Å². The van der Waals surface area contributed by atoms with Crippen LogP contribution in [0.3, 0.4) is 0 Å². The van der Waals surface area contributed by atoms with E-state index in [9.17, 15) is 13.6 Å². The number of likely N-dealkylation sites (N-methyl/N-ethyl adjacent to an activating group) is 1. The Morgan fingerprint density at radius 1 is 1.35 bits per heavy atom. The van der Waals surface area contributed by atoms with Crippen molar-refractivity contribution in [3.63, 3.8) is 0 Å². The fraction of sp³-hybridized carbons (Fsp3) is 0.364. The van der Waals surface area contributed by atoms with Crippen LogP contribution in [0.5, 0.6) is 5.75 Å². The molecule has 17 heavy (non-hydrogen) atoms. The largest absolute Gasteiger partial charge is 0.435 e. The molecule has 2 N–H and O–H groups in total. The molecule has 0 fully saturated rings. The average molecular weight is 244 g/mol. The quantitative estimate of drug-likeness (QED) is 0.788. The molecule has 6 heteroatoms. The van der Waals surface area contributed by atoms with Crippen molar-refractivity contribution in [2.24, 2.45) is 0 Å². The zero-order chi connectivity index (χ0) is 12.7. The topological polar surface area (TPSA) is 50.4 Å². The number of ether oxygens (including phenoxy) is 1. The second-order valence-electron chi connectivity index (χ2n) is 3.33. The van der Waals surface area contributed by atoms with Crippen molar-refractivity contribution < 1.29 is 18.3 Å². The Bertz CT molecular complexity index is 355. The first-order valence-corrected chi connectivity index (χ1v) is 5.07. The van der Waals surface area contributed by atoms with Gasteiger partial charge in [0.2, 0.25) is 5.91 Å². The van der Waals surface area contributed by atoms with Gasteiger partial charge in [-0.1, -0.05) is 12.1 Å². The van der Waals surface area contributed by atoms with Crippen molar-refractivity contribution in [1.29, 1.82) is 0 Å². The number of carbonyl (C=O) groups is 1. The number of nitrogens with one attached hydrogen (secondary N) is 2. The van der Waals surface area contributed by atoms with E-state index in [1.165, 1.54) is 12.1 Å². The second kappa shape index (κ2) is 6.80. The predicted octanol–water partition coefficient (Wildman–Crippen LogP) is 1.12. The van der Waals surface area contributed by atoms with Gasteiger partial charge in [-0.25, -0.2) is 0 Å². The van der Waals surface area contributed by atoms with E-state index in [0.29, 0.717) is 6.54 Å². The molecule has 0 aliphatic carbocycles. The summed E-state index contributed by atoms with van der Waals surface area (Å²) >= 11 is 0. The molecular weight excluding hydrogens is 230 g/mol. The van der Waals surface area contributed by atoms with Crippen LogP contribution in [0, 0.1) is 0 Å². The summed E-state index contributed by atoms with van der Waals surface area (Å²) in [6.07, 6.45) is 0. The molecule has 0 saturated heterocycles. The maximum Gasteiger partial charge on any atom is 0.387 e. The van der Waals surface area contributed by atoms with Gasteiger partial charge in [0.1, 0.15) is 5.75 Å². The van der Waals surface area contributed by atoms with Gasteiger partial charge in [-0.3, -0.25) is 4.79 Å². The number of amides is 1. The fourth-order valence-electron chi connectivity index (χ4n) is 1.21. The lowest BCUT2D eigenvalue weighted by molar-refractivity contribution is -0.120. The lowest BCUT2D eigenvalue weighted by atomic mass is 10.2. The van der Waals surface area contributed by atoms with E-state index in [2.05, 4.69) is 15.4 Å². The third-order valence-corrected chi connectivity index (χ3v) is 1.98. The zero-order valence-electron chi connectivity index (χ0n) is 9.37. The summed E-state index contributed by atoms with van der Waals surface area (Å²) in [7, 11) is 1.68. The number of carbonyl (C=O) groups excluding carboxylic acids is 1. The highest BCUT2D eigenvalue weighted by atomic mass is 19.3. The average Bonchev–Trinajstić information content (AvgIpc) is 2.28. The van der Waals surface area contributed by atoms with Crippen LogP contribution in [-0.2, 0) is 11.3 Å². The number of benzene rings is 1. The summed E-state index contributed by atoms with van der Waals surface area (Å²) < 4.78 is 27.9. The van der Waals surface area contributed by atoms with Crippen LogP contribution in [0.25, 0.3) is 0 Å². The van der Waals surface area contributed by atoms with E-state index in [4.69, 9.17) is 0 Å². The number of rotatable bonds is 6. The molecule has 0 spiro atoms. The summed E-state index contributed by atoms with van der Waals surface area (Å²) in [5.41, 5.74) is 0.816. The minimum atomic E-state index is -2.82. The number of halogens is 2. The Morgan fingerprint density at radius 3 is 2.53 bits per heavy atom. The standard InChI is InChI=1S/C11H14F2N2O2/c1-14-7-10(16)15-6-8-2-4-9(5-3-8)17-11(12)13/h2-5,11,14H,6-7H2,1H3,(H,15,16). The lowest BCUT2D eigenvalue weighted by Gasteiger charge is -2.07. The predicted molar refractivity (Wildman–Crippen MR) is 58.8 cm³/mol. The monoisotopic (exact) mass is 244 g/mol. The highest BCUT2D eigenvalue weighted by Crippen LogP contribution is 2.14. The van der Waals surface area contributed by atoms with E-state index in [1.807, 2.05) is 0 Å². The zero-order valence-corrected chi connectivity index (χ0v) is 9.37. The number of hydrogen-bond acceptors (Lipinski definition) is 3. The molecule has 1 amide bonds. The molecule has 0 heterocycles. The van der Waals surface area contributed by atoms with Gasteiger partial charge in [0.15, 0.2) is 0 Å². The number of hydrogen-bond donors (Lipinski definition) is 2. The Labute approximate surface area is 98.0 Å². The first-order chi connectivity index (χ1) is 8.11. The van der Waals surface area contributed by atoms with E-state index in [-0.39, 0.29) is 18.2 Å². The van der Waals surface area contributed by atoms with Crippen molar-refractivity contribution in [2.45, 2.75) is 13.2 Å². The van der Waals surface area contributed by atoms with Crippen molar-refractivity contribution in [2.75, 3.05) is 13.6 Å².